The van der Waals surface area contributed by atoms with E-state index >= 15 is 0 Å². The third kappa shape index (κ3) is 4.10. The molecule has 1 aliphatic rings. The molecule has 0 fully saturated rings. The van der Waals surface area contributed by atoms with Crippen molar-refractivity contribution in [2.24, 2.45) is 10.9 Å². The Hall–Kier alpha value is -2.25. The summed E-state index contributed by atoms with van der Waals surface area (Å²) in [4.78, 5) is 33.8. The van der Waals surface area contributed by atoms with Crippen LogP contribution in [0.3, 0.4) is 0 Å². The molecule has 3 rings (SSSR count). The molecule has 0 amide bonds. The quantitative estimate of drug-likeness (QED) is 0.668. The summed E-state index contributed by atoms with van der Waals surface area (Å²) in [5.41, 5.74) is 1.87. The summed E-state index contributed by atoms with van der Waals surface area (Å²) in [6.45, 7) is 5.47. The van der Waals surface area contributed by atoms with Gasteiger partial charge in [0, 0.05) is 29.2 Å². The molecule has 2 unspecified atom stereocenters. The van der Waals surface area contributed by atoms with Crippen LogP contribution in [0, 0.1) is 5.92 Å². The highest BCUT2D eigenvalue weighted by Gasteiger charge is 2.41. The van der Waals surface area contributed by atoms with Gasteiger partial charge in [-0.2, -0.15) is 0 Å². The first-order valence-corrected chi connectivity index (χ1v) is 10.4. The zero-order valence-corrected chi connectivity index (χ0v) is 17.7. The second kappa shape index (κ2) is 8.84. The highest BCUT2D eigenvalue weighted by atomic mass is 32.1. The lowest BCUT2D eigenvalue weighted by molar-refractivity contribution is -0.145. The van der Waals surface area contributed by atoms with Gasteiger partial charge < -0.3 is 14.2 Å². The van der Waals surface area contributed by atoms with Crippen LogP contribution in [0.1, 0.15) is 36.6 Å². The third-order valence-corrected chi connectivity index (χ3v) is 5.92. The molecule has 7 heteroatoms. The molecule has 2 aromatic heterocycles. The van der Waals surface area contributed by atoms with E-state index in [1.165, 1.54) is 0 Å². The van der Waals surface area contributed by atoms with Crippen molar-refractivity contribution in [3.05, 3.63) is 50.6 Å². The highest BCUT2D eigenvalue weighted by molar-refractivity contribution is 7.10. The summed E-state index contributed by atoms with van der Waals surface area (Å²) in [7, 11) is 4.04. The number of carbonyl (C=O) groups excluding carboxylic acids is 1. The lowest BCUT2D eigenvalue weighted by Gasteiger charge is -2.30. The number of carbonyl (C=O) groups is 1. The molecule has 150 valence electrons. The van der Waals surface area contributed by atoms with E-state index < -0.39 is 5.92 Å². The number of hydrogen-bond donors (Lipinski definition) is 0. The van der Waals surface area contributed by atoms with Gasteiger partial charge in [0.1, 0.15) is 5.92 Å². The van der Waals surface area contributed by atoms with Crippen LogP contribution in [0.15, 0.2) is 39.6 Å². The van der Waals surface area contributed by atoms with Gasteiger partial charge in [-0.15, -0.1) is 11.3 Å². The third-order valence-electron chi connectivity index (χ3n) is 4.97. The van der Waals surface area contributed by atoms with Crippen LogP contribution in [0.25, 0.3) is 0 Å². The van der Waals surface area contributed by atoms with Crippen molar-refractivity contribution in [1.29, 1.82) is 0 Å². The van der Waals surface area contributed by atoms with E-state index in [0.29, 0.717) is 30.1 Å². The van der Waals surface area contributed by atoms with E-state index in [0.717, 1.165) is 17.8 Å². The first kappa shape index (κ1) is 20.5. The molecular formula is C21H27N3O3S. The number of nitrogens with zero attached hydrogens (tertiary/aromatic N) is 3. The Morgan fingerprint density at radius 1 is 1.36 bits per heavy atom. The molecule has 28 heavy (non-hydrogen) atoms. The Bertz CT molecular complexity index is 915. The Morgan fingerprint density at radius 3 is 2.79 bits per heavy atom. The Labute approximate surface area is 169 Å². The van der Waals surface area contributed by atoms with Crippen molar-refractivity contribution < 1.29 is 9.53 Å². The molecule has 0 N–H and O–H groups in total. The van der Waals surface area contributed by atoms with Crippen LogP contribution in [0.4, 0.5) is 5.69 Å². The van der Waals surface area contributed by atoms with Gasteiger partial charge in [-0.25, -0.2) is 0 Å². The van der Waals surface area contributed by atoms with E-state index in [4.69, 9.17) is 4.74 Å². The molecule has 0 radical (unpaired) electrons. The molecule has 0 saturated carbocycles. The Morgan fingerprint density at radius 2 is 2.14 bits per heavy atom. The fourth-order valence-corrected chi connectivity index (χ4v) is 4.56. The zero-order chi connectivity index (χ0) is 20.3. The van der Waals surface area contributed by atoms with Crippen molar-refractivity contribution in [2.75, 3.05) is 27.2 Å². The maximum Gasteiger partial charge on any atom is 0.315 e. The summed E-state index contributed by atoms with van der Waals surface area (Å²) in [5.74, 6) is -1.26. The molecule has 0 aromatic carbocycles. The van der Waals surface area contributed by atoms with Gasteiger partial charge >= 0.3 is 5.97 Å². The largest absolute Gasteiger partial charge is 0.465 e. The molecule has 6 nitrogen and oxygen atoms in total. The Balaban J connectivity index is 2.08. The number of ether oxygens (including phenoxy) is 1. The standard InChI is InChI=1S/C21H27N3O3S/c1-5-27-21(26)17-14(2)22-15-9-12-24(11-7-10-23(3)4)20(25)18(15)19(17)16-8-6-13-28-16/h6,8-9,12-13,17,19H,5,7,10-11H2,1-4H3. The number of fused-ring (bicyclic) bond motifs is 1. The van der Waals surface area contributed by atoms with Crippen LogP contribution in [0.2, 0.25) is 0 Å². The summed E-state index contributed by atoms with van der Waals surface area (Å²) in [6.07, 6.45) is 2.68. The second-order valence-electron chi connectivity index (χ2n) is 7.25. The van der Waals surface area contributed by atoms with Crippen molar-refractivity contribution in [2.45, 2.75) is 32.7 Å². The van der Waals surface area contributed by atoms with E-state index in [1.54, 1.807) is 22.8 Å². The summed E-state index contributed by atoms with van der Waals surface area (Å²) in [5, 5.41) is 1.97. The Kier molecular flexibility index (Phi) is 6.46. The van der Waals surface area contributed by atoms with Gasteiger partial charge in [-0.05, 0) is 58.4 Å². The average Bonchev–Trinajstić information content (AvgIpc) is 3.17. The minimum absolute atomic E-state index is 0.0693. The average molecular weight is 402 g/mol. The minimum atomic E-state index is -0.573. The molecule has 2 aromatic rings. The minimum Gasteiger partial charge on any atom is -0.465 e. The lowest BCUT2D eigenvalue weighted by atomic mass is 9.79. The molecule has 0 saturated heterocycles. The number of pyridine rings is 1. The van der Waals surface area contributed by atoms with Crippen molar-refractivity contribution >= 4 is 28.7 Å². The first-order chi connectivity index (χ1) is 13.4. The van der Waals surface area contributed by atoms with Gasteiger partial charge in [0.2, 0.25) is 0 Å². The van der Waals surface area contributed by atoms with Crippen LogP contribution < -0.4 is 5.56 Å². The molecule has 0 spiro atoms. The zero-order valence-electron chi connectivity index (χ0n) is 16.8. The van der Waals surface area contributed by atoms with Gasteiger partial charge in [-0.3, -0.25) is 14.6 Å². The predicted molar refractivity (Wildman–Crippen MR) is 113 cm³/mol. The monoisotopic (exact) mass is 401 g/mol. The molecule has 0 bridgehead atoms. The molecular weight excluding hydrogens is 374 g/mol. The van der Waals surface area contributed by atoms with E-state index in [2.05, 4.69) is 9.89 Å². The lowest BCUT2D eigenvalue weighted by Crippen LogP contribution is -2.37. The van der Waals surface area contributed by atoms with Gasteiger partial charge in [0.05, 0.1) is 17.9 Å². The summed E-state index contributed by atoms with van der Waals surface area (Å²) in [6, 6.07) is 5.81. The number of rotatable bonds is 7. The molecule has 0 aliphatic carbocycles. The van der Waals surface area contributed by atoms with Gasteiger partial charge in [0.25, 0.3) is 5.56 Å². The summed E-state index contributed by atoms with van der Waals surface area (Å²) >= 11 is 1.55. The number of aromatic nitrogens is 1. The van der Waals surface area contributed by atoms with E-state index in [9.17, 15) is 9.59 Å². The highest BCUT2D eigenvalue weighted by Crippen LogP contribution is 2.42. The predicted octanol–water partition coefficient (Wildman–Crippen LogP) is 3.28. The van der Waals surface area contributed by atoms with Gasteiger partial charge in [0.15, 0.2) is 0 Å². The van der Waals surface area contributed by atoms with E-state index in [1.807, 2.05) is 50.8 Å². The van der Waals surface area contributed by atoms with Crippen LogP contribution in [0.5, 0.6) is 0 Å². The summed E-state index contributed by atoms with van der Waals surface area (Å²) < 4.78 is 7.06. The SMILES string of the molecule is CCOC(=O)C1C(C)=Nc2ccn(CCCN(C)C)c(=O)c2C1c1cccs1. The fourth-order valence-electron chi connectivity index (χ4n) is 3.69. The van der Waals surface area contributed by atoms with E-state index in [-0.39, 0.29) is 17.4 Å². The first-order valence-electron chi connectivity index (χ1n) is 9.57. The number of thiophene rings is 1. The number of aryl methyl sites for hydroxylation is 1. The smallest absolute Gasteiger partial charge is 0.315 e. The normalized spacial score (nSPS) is 18.7. The maximum atomic E-state index is 13.4. The molecule has 2 atom stereocenters. The molecule has 3 heterocycles. The van der Waals surface area contributed by atoms with Gasteiger partial charge in [-0.1, -0.05) is 6.07 Å². The molecule has 1 aliphatic heterocycles. The van der Waals surface area contributed by atoms with Crippen molar-refractivity contribution in [1.82, 2.24) is 9.47 Å². The number of aliphatic imine (C=N–C) groups is 1. The van der Waals surface area contributed by atoms with Crippen LogP contribution >= 0.6 is 11.3 Å². The second-order valence-corrected chi connectivity index (χ2v) is 8.23. The maximum absolute atomic E-state index is 13.4. The van der Waals surface area contributed by atoms with Crippen molar-refractivity contribution in [3.8, 4) is 0 Å². The number of hydrogen-bond acceptors (Lipinski definition) is 6. The number of esters is 1. The fraction of sp³-hybridized carbons (Fsp3) is 0.476. The topological polar surface area (TPSA) is 63.9 Å². The van der Waals surface area contributed by atoms with Crippen LogP contribution in [-0.4, -0.2) is 48.4 Å². The van der Waals surface area contributed by atoms with Crippen LogP contribution in [-0.2, 0) is 16.1 Å². The van der Waals surface area contributed by atoms with Crippen molar-refractivity contribution in [3.63, 3.8) is 0 Å².